The number of nitrogens with zero attached hydrogens (tertiary/aromatic N) is 1. The van der Waals surface area contributed by atoms with E-state index in [1.165, 1.54) is 0 Å². The van der Waals surface area contributed by atoms with Crippen LogP contribution in [0.25, 0.3) is 0 Å². The highest BCUT2D eigenvalue weighted by atomic mass is 35.5. The van der Waals surface area contributed by atoms with Crippen LogP contribution in [0.15, 0.2) is 48.5 Å². The zero-order chi connectivity index (χ0) is 17.6. The Morgan fingerprint density at radius 1 is 1.19 bits per heavy atom. The second-order valence-electron chi connectivity index (χ2n) is 6.50. The standard InChI is InChI=1S/C20H25N3O2.2ClH/c1-25-19-5-3-2-4-18(19)23-11-10-16(14-23)13-22-20(24)12-15-6-8-17(21)9-7-15;;/h2-9,16H,10-14,21H2,1H3,(H,22,24);2*1H. The van der Waals surface area contributed by atoms with E-state index in [0.29, 0.717) is 24.6 Å². The van der Waals surface area contributed by atoms with Crippen LogP contribution in [0.3, 0.4) is 0 Å². The summed E-state index contributed by atoms with van der Waals surface area (Å²) in [5.41, 5.74) is 8.49. The van der Waals surface area contributed by atoms with Crippen molar-refractivity contribution in [2.45, 2.75) is 12.8 Å². The normalized spacial score (nSPS) is 15.4. The van der Waals surface area contributed by atoms with Crippen LogP contribution in [0.4, 0.5) is 11.4 Å². The van der Waals surface area contributed by atoms with Crippen molar-refractivity contribution in [1.82, 2.24) is 5.32 Å². The molecule has 1 aliphatic heterocycles. The van der Waals surface area contributed by atoms with E-state index < -0.39 is 0 Å². The fraction of sp³-hybridized carbons (Fsp3) is 0.350. The predicted octanol–water partition coefficient (Wildman–Crippen LogP) is 3.31. The highest BCUT2D eigenvalue weighted by Gasteiger charge is 2.24. The van der Waals surface area contributed by atoms with E-state index in [4.69, 9.17) is 10.5 Å². The van der Waals surface area contributed by atoms with Crippen LogP contribution >= 0.6 is 24.8 Å². The maximum Gasteiger partial charge on any atom is 0.224 e. The average molecular weight is 412 g/mol. The number of halogens is 2. The van der Waals surface area contributed by atoms with Gasteiger partial charge in [-0.3, -0.25) is 4.79 Å². The van der Waals surface area contributed by atoms with Crippen molar-refractivity contribution in [3.8, 4) is 5.75 Å². The van der Waals surface area contributed by atoms with Crippen LogP contribution in [-0.4, -0.2) is 32.7 Å². The molecule has 1 atom stereocenters. The number of benzene rings is 2. The molecular weight excluding hydrogens is 385 g/mol. The summed E-state index contributed by atoms with van der Waals surface area (Å²) in [5, 5.41) is 3.06. The molecule has 1 unspecified atom stereocenters. The van der Waals surface area contributed by atoms with E-state index in [1.54, 1.807) is 7.11 Å². The van der Waals surface area contributed by atoms with E-state index in [2.05, 4.69) is 16.3 Å². The van der Waals surface area contributed by atoms with Gasteiger partial charge in [-0.1, -0.05) is 24.3 Å². The van der Waals surface area contributed by atoms with Crippen molar-refractivity contribution in [3.05, 3.63) is 54.1 Å². The topological polar surface area (TPSA) is 67.6 Å². The van der Waals surface area contributed by atoms with E-state index in [1.807, 2.05) is 42.5 Å². The van der Waals surface area contributed by atoms with Gasteiger partial charge in [0.05, 0.1) is 19.2 Å². The lowest BCUT2D eigenvalue weighted by Crippen LogP contribution is -2.32. The first-order chi connectivity index (χ1) is 12.2. The SMILES string of the molecule is COc1ccccc1N1CCC(CNC(=O)Cc2ccc(N)cc2)C1.Cl.Cl. The summed E-state index contributed by atoms with van der Waals surface area (Å²) in [6.45, 7) is 2.63. The van der Waals surface area contributed by atoms with Crippen molar-refractivity contribution >= 4 is 42.1 Å². The van der Waals surface area contributed by atoms with Gasteiger partial charge in [-0.05, 0) is 42.2 Å². The number of nitrogens with one attached hydrogen (secondary N) is 1. The number of para-hydroxylation sites is 2. The quantitative estimate of drug-likeness (QED) is 0.715. The third-order valence-electron chi connectivity index (χ3n) is 4.64. The third-order valence-corrected chi connectivity index (χ3v) is 4.64. The molecule has 3 N–H and O–H groups in total. The van der Waals surface area contributed by atoms with E-state index in [-0.39, 0.29) is 30.7 Å². The Morgan fingerprint density at radius 2 is 1.89 bits per heavy atom. The third kappa shape index (κ3) is 6.22. The summed E-state index contributed by atoms with van der Waals surface area (Å²) < 4.78 is 5.45. The number of carbonyl (C=O) groups is 1. The van der Waals surface area contributed by atoms with E-state index >= 15 is 0 Å². The number of hydrogen-bond donors (Lipinski definition) is 2. The van der Waals surface area contributed by atoms with Crippen LogP contribution in [0, 0.1) is 5.92 Å². The molecule has 1 aliphatic rings. The Morgan fingerprint density at radius 3 is 2.59 bits per heavy atom. The summed E-state index contributed by atoms with van der Waals surface area (Å²) in [5.74, 6) is 1.41. The van der Waals surface area contributed by atoms with Crippen LogP contribution in [0.2, 0.25) is 0 Å². The summed E-state index contributed by atoms with van der Waals surface area (Å²) in [6.07, 6.45) is 1.46. The van der Waals surface area contributed by atoms with Crippen molar-refractivity contribution < 1.29 is 9.53 Å². The fourth-order valence-corrected chi connectivity index (χ4v) is 3.25. The molecule has 5 nitrogen and oxygen atoms in total. The molecule has 3 rings (SSSR count). The first kappa shape index (κ1) is 22.9. The summed E-state index contributed by atoms with van der Waals surface area (Å²) in [6, 6.07) is 15.5. The maximum absolute atomic E-state index is 12.1. The number of methoxy groups -OCH3 is 1. The van der Waals surface area contributed by atoms with E-state index in [0.717, 1.165) is 36.5 Å². The minimum absolute atomic E-state index is 0. The van der Waals surface area contributed by atoms with Gasteiger partial charge >= 0.3 is 0 Å². The molecule has 0 spiro atoms. The van der Waals surface area contributed by atoms with Gasteiger partial charge in [-0.2, -0.15) is 0 Å². The van der Waals surface area contributed by atoms with Gasteiger partial charge in [-0.15, -0.1) is 24.8 Å². The predicted molar refractivity (Wildman–Crippen MR) is 115 cm³/mol. The number of nitrogen functional groups attached to an aromatic ring is 1. The summed E-state index contributed by atoms with van der Waals surface area (Å²) in [4.78, 5) is 14.5. The molecule has 0 aliphatic carbocycles. The zero-order valence-electron chi connectivity index (χ0n) is 15.4. The molecule has 0 bridgehead atoms. The van der Waals surface area contributed by atoms with Gasteiger partial charge in [0.2, 0.25) is 5.91 Å². The number of anilines is 2. The monoisotopic (exact) mass is 411 g/mol. The smallest absolute Gasteiger partial charge is 0.224 e. The largest absolute Gasteiger partial charge is 0.495 e. The van der Waals surface area contributed by atoms with Gasteiger partial charge in [0.1, 0.15) is 5.75 Å². The number of nitrogens with two attached hydrogens (primary N) is 1. The van der Waals surface area contributed by atoms with Crippen molar-refractivity contribution in [3.63, 3.8) is 0 Å². The minimum atomic E-state index is 0. The Kier molecular flexibility index (Phi) is 9.26. The Hall–Kier alpha value is -2.11. The first-order valence-electron chi connectivity index (χ1n) is 8.65. The number of rotatable bonds is 6. The highest BCUT2D eigenvalue weighted by molar-refractivity contribution is 5.85. The second kappa shape index (κ2) is 10.9. The lowest BCUT2D eigenvalue weighted by Gasteiger charge is -2.21. The molecular formula is C20H27Cl2N3O2. The van der Waals surface area contributed by atoms with Crippen LogP contribution in [0.1, 0.15) is 12.0 Å². The molecule has 2 aromatic rings. The second-order valence-corrected chi connectivity index (χ2v) is 6.50. The lowest BCUT2D eigenvalue weighted by atomic mass is 10.1. The molecule has 1 amide bonds. The molecule has 148 valence electrons. The maximum atomic E-state index is 12.1. The van der Waals surface area contributed by atoms with Crippen LogP contribution in [0.5, 0.6) is 5.75 Å². The van der Waals surface area contributed by atoms with Crippen LogP contribution < -0.4 is 20.7 Å². The van der Waals surface area contributed by atoms with Gasteiger partial charge in [0.25, 0.3) is 0 Å². The Balaban J connectivity index is 0.00000182. The number of ether oxygens (including phenoxy) is 1. The number of hydrogen-bond acceptors (Lipinski definition) is 4. The molecule has 1 heterocycles. The zero-order valence-corrected chi connectivity index (χ0v) is 17.0. The molecule has 27 heavy (non-hydrogen) atoms. The van der Waals surface area contributed by atoms with Crippen molar-refractivity contribution in [1.29, 1.82) is 0 Å². The fourth-order valence-electron chi connectivity index (χ4n) is 3.25. The van der Waals surface area contributed by atoms with Crippen molar-refractivity contribution in [2.24, 2.45) is 5.92 Å². The molecule has 0 aromatic heterocycles. The molecule has 1 saturated heterocycles. The Bertz CT molecular complexity index is 725. The average Bonchev–Trinajstić information content (AvgIpc) is 3.11. The summed E-state index contributed by atoms with van der Waals surface area (Å²) >= 11 is 0. The molecule has 0 saturated carbocycles. The van der Waals surface area contributed by atoms with Gasteiger partial charge in [-0.25, -0.2) is 0 Å². The number of amides is 1. The van der Waals surface area contributed by atoms with Gasteiger partial charge in [0.15, 0.2) is 0 Å². The molecule has 1 fully saturated rings. The molecule has 7 heteroatoms. The van der Waals surface area contributed by atoms with Gasteiger partial charge < -0.3 is 20.7 Å². The van der Waals surface area contributed by atoms with E-state index in [9.17, 15) is 4.79 Å². The Labute approximate surface area is 173 Å². The van der Waals surface area contributed by atoms with Crippen molar-refractivity contribution in [2.75, 3.05) is 37.4 Å². The molecule has 2 aromatic carbocycles. The highest BCUT2D eigenvalue weighted by Crippen LogP contribution is 2.31. The minimum Gasteiger partial charge on any atom is -0.495 e. The number of carbonyl (C=O) groups excluding carboxylic acids is 1. The van der Waals surface area contributed by atoms with Crippen LogP contribution in [-0.2, 0) is 11.2 Å². The molecule has 0 radical (unpaired) electrons. The van der Waals surface area contributed by atoms with Gasteiger partial charge in [0, 0.05) is 25.3 Å². The first-order valence-corrected chi connectivity index (χ1v) is 8.65. The lowest BCUT2D eigenvalue weighted by molar-refractivity contribution is -0.120. The summed E-state index contributed by atoms with van der Waals surface area (Å²) in [7, 11) is 1.70.